The minimum absolute atomic E-state index is 0.0989. The van der Waals surface area contributed by atoms with Crippen LogP contribution in [-0.4, -0.2) is 22.3 Å². The summed E-state index contributed by atoms with van der Waals surface area (Å²) >= 11 is 3.73. The molecule has 3 aliphatic rings. The number of carbonyl (C=O) groups is 1. The van der Waals surface area contributed by atoms with Gasteiger partial charge in [0.05, 0.1) is 6.10 Å². The standard InChI is InChI=1S/C20H33BrO2/c1-12-6-7-15(18(12)22)19(23)13(2)16-8-9-17-14(11-21)5-4-10-20(16,17)3/h12-17,19,23H,4-11H2,1-3H3/t12?,13?,14?,15?,16-,17?,19?,20?/m1/s1. The summed E-state index contributed by atoms with van der Waals surface area (Å²) in [4.78, 5) is 12.4. The van der Waals surface area contributed by atoms with Crippen LogP contribution in [0, 0.1) is 40.9 Å². The summed E-state index contributed by atoms with van der Waals surface area (Å²) in [5, 5.41) is 12.1. The van der Waals surface area contributed by atoms with E-state index in [1.54, 1.807) is 0 Å². The normalized spacial score (nSPS) is 46.7. The van der Waals surface area contributed by atoms with Crippen LogP contribution in [0.4, 0.5) is 0 Å². The number of alkyl halides is 1. The van der Waals surface area contributed by atoms with Crippen LogP contribution >= 0.6 is 15.9 Å². The van der Waals surface area contributed by atoms with E-state index in [0.29, 0.717) is 17.1 Å². The van der Waals surface area contributed by atoms with Gasteiger partial charge in [-0.3, -0.25) is 4.79 Å². The molecule has 0 bridgehead atoms. The molecule has 8 atom stereocenters. The molecule has 7 unspecified atom stereocenters. The van der Waals surface area contributed by atoms with Crippen LogP contribution < -0.4 is 0 Å². The lowest BCUT2D eigenvalue weighted by Crippen LogP contribution is -2.44. The lowest BCUT2D eigenvalue weighted by Gasteiger charge is -2.47. The second-order valence-electron chi connectivity index (χ2n) is 8.94. The fourth-order valence-corrected chi connectivity index (χ4v) is 7.23. The van der Waals surface area contributed by atoms with Gasteiger partial charge in [-0.1, -0.05) is 43.1 Å². The predicted molar refractivity (Wildman–Crippen MR) is 97.5 cm³/mol. The SMILES string of the molecule is CC1CCC(C(O)C(C)[C@H]2CCC3C(CBr)CCCC32C)C1=O. The number of ketones is 1. The van der Waals surface area contributed by atoms with Crippen LogP contribution in [0.25, 0.3) is 0 Å². The van der Waals surface area contributed by atoms with E-state index in [2.05, 4.69) is 29.8 Å². The average molecular weight is 385 g/mol. The van der Waals surface area contributed by atoms with Crippen LogP contribution in [0.1, 0.15) is 65.7 Å². The van der Waals surface area contributed by atoms with Gasteiger partial charge in [0.25, 0.3) is 0 Å². The predicted octanol–water partition coefficient (Wildman–Crippen LogP) is 4.83. The molecule has 0 saturated heterocycles. The highest BCUT2D eigenvalue weighted by molar-refractivity contribution is 9.09. The number of carbonyl (C=O) groups excluding carboxylic acids is 1. The van der Waals surface area contributed by atoms with Crippen LogP contribution in [-0.2, 0) is 4.79 Å². The van der Waals surface area contributed by atoms with Gasteiger partial charge in [0.1, 0.15) is 5.78 Å². The Morgan fingerprint density at radius 2 is 2.00 bits per heavy atom. The molecule has 23 heavy (non-hydrogen) atoms. The zero-order valence-electron chi connectivity index (χ0n) is 14.9. The van der Waals surface area contributed by atoms with Crippen molar-refractivity contribution < 1.29 is 9.90 Å². The lowest BCUT2D eigenvalue weighted by molar-refractivity contribution is -0.128. The molecule has 3 aliphatic carbocycles. The molecule has 3 rings (SSSR count). The Bertz CT molecular complexity index is 451. The Kier molecular flexibility index (Phi) is 5.28. The summed E-state index contributed by atoms with van der Waals surface area (Å²) in [5.74, 6) is 2.79. The van der Waals surface area contributed by atoms with Gasteiger partial charge in [-0.2, -0.15) is 0 Å². The molecule has 1 N–H and O–H groups in total. The first kappa shape index (κ1) is 17.9. The number of hydrogen-bond acceptors (Lipinski definition) is 2. The third kappa shape index (κ3) is 2.94. The van der Waals surface area contributed by atoms with Gasteiger partial charge in [0, 0.05) is 17.2 Å². The van der Waals surface area contributed by atoms with Crippen molar-refractivity contribution in [1.29, 1.82) is 0 Å². The summed E-state index contributed by atoms with van der Waals surface area (Å²) in [7, 11) is 0. The molecule has 3 saturated carbocycles. The molecule has 0 aromatic rings. The molecular weight excluding hydrogens is 352 g/mol. The molecule has 3 fully saturated rings. The summed E-state index contributed by atoms with van der Waals surface area (Å²) in [6.07, 6.45) is 7.94. The van der Waals surface area contributed by atoms with Crippen LogP contribution in [0.3, 0.4) is 0 Å². The maximum Gasteiger partial charge on any atom is 0.141 e. The Morgan fingerprint density at radius 1 is 1.26 bits per heavy atom. The van der Waals surface area contributed by atoms with Crippen LogP contribution in [0.5, 0.6) is 0 Å². The number of Topliss-reactive ketones (excluding diaryl/α,β-unsaturated/α-hetero) is 1. The number of aliphatic hydroxyl groups excluding tert-OH is 1. The molecule has 3 heteroatoms. The summed E-state index contributed by atoms with van der Waals surface area (Å²) < 4.78 is 0. The number of aliphatic hydroxyl groups is 1. The Balaban J connectivity index is 1.75. The summed E-state index contributed by atoms with van der Waals surface area (Å²) in [5.41, 5.74) is 0.365. The molecule has 0 aromatic carbocycles. The second-order valence-corrected chi connectivity index (χ2v) is 9.59. The smallest absolute Gasteiger partial charge is 0.141 e. The zero-order valence-corrected chi connectivity index (χ0v) is 16.5. The summed E-state index contributed by atoms with van der Waals surface area (Å²) in [6, 6.07) is 0. The van der Waals surface area contributed by atoms with E-state index in [4.69, 9.17) is 0 Å². The van der Waals surface area contributed by atoms with E-state index in [1.165, 1.54) is 32.1 Å². The van der Waals surface area contributed by atoms with Gasteiger partial charge < -0.3 is 5.11 Å². The van der Waals surface area contributed by atoms with Crippen LogP contribution in [0.2, 0.25) is 0 Å². The molecule has 0 aromatic heterocycles. The minimum atomic E-state index is -0.433. The van der Waals surface area contributed by atoms with Gasteiger partial charge in [-0.05, 0) is 67.6 Å². The number of fused-ring (bicyclic) bond motifs is 1. The number of hydrogen-bond donors (Lipinski definition) is 1. The molecular formula is C20H33BrO2. The van der Waals surface area contributed by atoms with Crippen molar-refractivity contribution in [2.75, 3.05) is 5.33 Å². The molecule has 0 spiro atoms. The van der Waals surface area contributed by atoms with Gasteiger partial charge >= 0.3 is 0 Å². The van der Waals surface area contributed by atoms with Crippen LogP contribution in [0.15, 0.2) is 0 Å². The highest BCUT2D eigenvalue weighted by Crippen LogP contribution is 2.60. The molecule has 2 nitrogen and oxygen atoms in total. The molecule has 0 aliphatic heterocycles. The Morgan fingerprint density at radius 3 is 2.61 bits per heavy atom. The van der Waals surface area contributed by atoms with E-state index >= 15 is 0 Å². The highest BCUT2D eigenvalue weighted by atomic mass is 79.9. The molecule has 132 valence electrons. The van der Waals surface area contributed by atoms with Gasteiger partial charge in [-0.25, -0.2) is 0 Å². The fourth-order valence-electron chi connectivity index (χ4n) is 6.46. The average Bonchev–Trinajstić information content (AvgIpc) is 3.06. The first-order valence-corrected chi connectivity index (χ1v) is 10.8. The third-order valence-electron chi connectivity index (χ3n) is 7.89. The van der Waals surface area contributed by atoms with E-state index in [0.717, 1.165) is 30.0 Å². The quantitative estimate of drug-likeness (QED) is 0.704. The fraction of sp³-hybridized carbons (Fsp3) is 0.950. The first-order valence-electron chi connectivity index (χ1n) is 9.68. The van der Waals surface area contributed by atoms with Crippen molar-refractivity contribution in [2.45, 2.75) is 71.8 Å². The maximum absolute atomic E-state index is 12.4. The van der Waals surface area contributed by atoms with Gasteiger partial charge in [0.2, 0.25) is 0 Å². The second kappa shape index (κ2) is 6.78. The Labute approximate surface area is 149 Å². The van der Waals surface area contributed by atoms with E-state index in [9.17, 15) is 9.90 Å². The van der Waals surface area contributed by atoms with E-state index in [-0.39, 0.29) is 17.8 Å². The molecule has 0 radical (unpaired) electrons. The third-order valence-corrected chi connectivity index (χ3v) is 8.72. The van der Waals surface area contributed by atoms with Crippen molar-refractivity contribution >= 4 is 21.7 Å². The van der Waals surface area contributed by atoms with Gasteiger partial charge in [0.15, 0.2) is 0 Å². The van der Waals surface area contributed by atoms with Gasteiger partial charge in [-0.15, -0.1) is 0 Å². The van der Waals surface area contributed by atoms with Crippen molar-refractivity contribution in [3.05, 3.63) is 0 Å². The Hall–Kier alpha value is 0.110. The van der Waals surface area contributed by atoms with Crippen molar-refractivity contribution in [2.24, 2.45) is 40.9 Å². The number of halogens is 1. The van der Waals surface area contributed by atoms with E-state index < -0.39 is 6.10 Å². The highest BCUT2D eigenvalue weighted by Gasteiger charge is 2.54. The molecule has 0 heterocycles. The van der Waals surface area contributed by atoms with E-state index in [1.807, 2.05) is 6.92 Å². The first-order chi connectivity index (χ1) is 10.9. The minimum Gasteiger partial charge on any atom is -0.392 e. The lowest BCUT2D eigenvalue weighted by atomic mass is 9.59. The monoisotopic (exact) mass is 384 g/mol. The van der Waals surface area contributed by atoms with Crippen molar-refractivity contribution in [1.82, 2.24) is 0 Å². The van der Waals surface area contributed by atoms with Crippen molar-refractivity contribution in [3.8, 4) is 0 Å². The summed E-state index contributed by atoms with van der Waals surface area (Å²) in [6.45, 7) is 6.72. The topological polar surface area (TPSA) is 37.3 Å². The largest absolute Gasteiger partial charge is 0.392 e. The maximum atomic E-state index is 12.4. The number of rotatable bonds is 4. The zero-order chi connectivity index (χ0) is 16.8. The van der Waals surface area contributed by atoms with Crippen molar-refractivity contribution in [3.63, 3.8) is 0 Å². The molecule has 0 amide bonds.